The van der Waals surface area contributed by atoms with Gasteiger partial charge in [-0.25, -0.2) is 9.59 Å². The molecule has 0 unspecified atom stereocenters. The van der Waals surface area contributed by atoms with E-state index in [1.807, 2.05) is 25.1 Å². The van der Waals surface area contributed by atoms with Gasteiger partial charge in [-0.2, -0.15) is 0 Å². The van der Waals surface area contributed by atoms with Crippen LogP contribution in [0.4, 0.5) is 5.69 Å². The molecule has 1 aliphatic heterocycles. The summed E-state index contributed by atoms with van der Waals surface area (Å²) in [5, 5.41) is 0. The normalized spacial score (nSPS) is 13.8. The molecule has 0 saturated carbocycles. The number of esters is 2. The average Bonchev–Trinajstić information content (AvgIpc) is 2.83. The summed E-state index contributed by atoms with van der Waals surface area (Å²) in [5.74, 6) is -1.22. The maximum Gasteiger partial charge on any atom is 0.355 e. The van der Waals surface area contributed by atoms with Gasteiger partial charge in [-0.15, -0.1) is 0 Å². The Morgan fingerprint density at radius 2 is 1.83 bits per heavy atom. The Morgan fingerprint density at radius 3 is 2.46 bits per heavy atom. The summed E-state index contributed by atoms with van der Waals surface area (Å²) in [6.45, 7) is 2.04. The number of rotatable bonds is 4. The first-order chi connectivity index (χ1) is 11.5. The van der Waals surface area contributed by atoms with Gasteiger partial charge in [0.2, 0.25) is 0 Å². The first-order valence-electron chi connectivity index (χ1n) is 7.36. The number of carbonyl (C=O) groups is 2. The van der Waals surface area contributed by atoms with Crippen LogP contribution in [0, 0.1) is 0 Å². The maximum absolute atomic E-state index is 12.3. The van der Waals surface area contributed by atoms with E-state index in [0.29, 0.717) is 0 Å². The second-order valence-corrected chi connectivity index (χ2v) is 5.80. The minimum Gasteiger partial charge on any atom is -0.465 e. The van der Waals surface area contributed by atoms with Gasteiger partial charge in [0.25, 0.3) is 0 Å². The lowest BCUT2D eigenvalue weighted by Gasteiger charge is -2.23. The molecule has 0 aliphatic carbocycles. The molecule has 0 atom stereocenters. The molecule has 2 rings (SSSR count). The van der Waals surface area contributed by atoms with Crippen molar-refractivity contribution in [2.45, 2.75) is 13.3 Å². The molecule has 0 saturated heterocycles. The van der Waals surface area contributed by atoms with E-state index in [1.54, 1.807) is 23.3 Å². The number of ether oxygens (including phenoxy) is 2. The van der Waals surface area contributed by atoms with Crippen LogP contribution < -0.4 is 4.90 Å². The van der Waals surface area contributed by atoms with E-state index in [9.17, 15) is 9.59 Å². The Morgan fingerprint density at radius 1 is 1.12 bits per heavy atom. The Kier molecular flexibility index (Phi) is 5.98. The van der Waals surface area contributed by atoms with E-state index in [1.165, 1.54) is 20.3 Å². The Hall–Kier alpha value is -2.34. The fourth-order valence-corrected chi connectivity index (χ4v) is 2.87. The number of allylic oxidation sites excluding steroid dienone is 2. The summed E-state index contributed by atoms with van der Waals surface area (Å²) in [7, 11) is 2.55. The molecular weight excluding hydrogens is 374 g/mol. The molecule has 0 spiro atoms. The summed E-state index contributed by atoms with van der Waals surface area (Å²) in [5.41, 5.74) is 2.08. The molecule has 1 aromatic carbocycles. The van der Waals surface area contributed by atoms with Gasteiger partial charge in [0, 0.05) is 16.4 Å². The van der Waals surface area contributed by atoms with Crippen LogP contribution in [0.3, 0.4) is 0 Å². The molecule has 5 nitrogen and oxygen atoms in total. The molecule has 1 aromatic rings. The van der Waals surface area contributed by atoms with E-state index in [4.69, 9.17) is 9.47 Å². The average molecular weight is 392 g/mol. The number of benzene rings is 1. The number of aryl methyl sites for hydroxylation is 1. The highest BCUT2D eigenvalue weighted by molar-refractivity contribution is 9.10. The van der Waals surface area contributed by atoms with Gasteiger partial charge in [0.15, 0.2) is 0 Å². The summed E-state index contributed by atoms with van der Waals surface area (Å²) in [6, 6.07) is 5.72. The lowest BCUT2D eigenvalue weighted by Crippen LogP contribution is -2.27. The van der Waals surface area contributed by atoms with E-state index in [0.717, 1.165) is 22.1 Å². The van der Waals surface area contributed by atoms with Gasteiger partial charge in [0.1, 0.15) is 5.70 Å². The zero-order chi connectivity index (χ0) is 17.7. The number of hydrogen-bond donors (Lipinski definition) is 0. The van der Waals surface area contributed by atoms with E-state index >= 15 is 0 Å². The van der Waals surface area contributed by atoms with Crippen molar-refractivity contribution in [3.63, 3.8) is 0 Å². The number of nitrogens with zero attached hydrogens (tertiary/aromatic N) is 1. The summed E-state index contributed by atoms with van der Waals surface area (Å²) < 4.78 is 10.7. The molecule has 126 valence electrons. The largest absolute Gasteiger partial charge is 0.465 e. The number of carbonyl (C=O) groups excluding carboxylic acids is 2. The molecule has 0 aromatic heterocycles. The second kappa shape index (κ2) is 7.97. The minimum atomic E-state index is -0.618. The highest BCUT2D eigenvalue weighted by atomic mass is 79.9. The number of methoxy groups -OCH3 is 2. The first-order valence-corrected chi connectivity index (χ1v) is 8.16. The molecule has 0 amide bonds. The molecule has 0 radical (unpaired) electrons. The summed E-state index contributed by atoms with van der Waals surface area (Å²) in [6.07, 6.45) is 7.49. The van der Waals surface area contributed by atoms with Crippen LogP contribution in [-0.4, -0.2) is 26.2 Å². The van der Waals surface area contributed by atoms with Crippen LogP contribution in [0.25, 0.3) is 0 Å². The van der Waals surface area contributed by atoms with Crippen LogP contribution in [0.1, 0.15) is 12.5 Å². The number of anilines is 1. The van der Waals surface area contributed by atoms with Crippen molar-refractivity contribution < 1.29 is 19.1 Å². The third-order valence-electron chi connectivity index (χ3n) is 3.58. The van der Waals surface area contributed by atoms with Crippen molar-refractivity contribution >= 4 is 33.6 Å². The highest BCUT2D eigenvalue weighted by Gasteiger charge is 2.27. The van der Waals surface area contributed by atoms with Gasteiger partial charge in [-0.3, -0.25) is 0 Å². The predicted octanol–water partition coefficient (Wildman–Crippen LogP) is 3.50. The van der Waals surface area contributed by atoms with Crippen molar-refractivity contribution in [2.75, 3.05) is 19.1 Å². The van der Waals surface area contributed by atoms with Crippen molar-refractivity contribution in [2.24, 2.45) is 0 Å². The van der Waals surface area contributed by atoms with Crippen LogP contribution in [0.2, 0.25) is 0 Å². The molecular formula is C18H18BrNO4. The summed E-state index contributed by atoms with van der Waals surface area (Å²) >= 11 is 3.51. The zero-order valence-electron chi connectivity index (χ0n) is 13.7. The number of hydrogen-bond acceptors (Lipinski definition) is 5. The molecule has 0 bridgehead atoms. The second-order valence-electron chi connectivity index (χ2n) is 4.95. The Balaban J connectivity index is 2.65. The van der Waals surface area contributed by atoms with Crippen molar-refractivity contribution in [3.05, 3.63) is 63.9 Å². The van der Waals surface area contributed by atoms with Crippen molar-refractivity contribution in [1.82, 2.24) is 0 Å². The van der Waals surface area contributed by atoms with Gasteiger partial charge in [0.05, 0.1) is 19.8 Å². The molecule has 1 heterocycles. The first kappa shape index (κ1) is 18.0. The standard InChI is InChI=1S/C18H18BrNO4/c1-4-12-11-13(8-9-15(12)19)20-10-6-5-7-14(17(21)23-2)16(20)18(22)24-3/h5-11H,4H2,1-3H3. The van der Waals surface area contributed by atoms with Gasteiger partial charge in [-0.05, 0) is 42.3 Å². The maximum atomic E-state index is 12.3. The van der Waals surface area contributed by atoms with Crippen LogP contribution >= 0.6 is 15.9 Å². The van der Waals surface area contributed by atoms with Crippen LogP contribution in [0.5, 0.6) is 0 Å². The van der Waals surface area contributed by atoms with Crippen molar-refractivity contribution in [3.8, 4) is 0 Å². The quantitative estimate of drug-likeness (QED) is 0.735. The van der Waals surface area contributed by atoms with E-state index in [-0.39, 0.29) is 11.3 Å². The number of halogens is 1. The summed E-state index contributed by atoms with van der Waals surface area (Å²) in [4.78, 5) is 26.1. The van der Waals surface area contributed by atoms with Crippen molar-refractivity contribution in [1.29, 1.82) is 0 Å². The van der Waals surface area contributed by atoms with Gasteiger partial charge in [-0.1, -0.05) is 28.9 Å². The smallest absolute Gasteiger partial charge is 0.355 e. The Bertz CT molecular complexity index is 749. The van der Waals surface area contributed by atoms with Crippen LogP contribution in [0.15, 0.2) is 58.4 Å². The zero-order valence-corrected chi connectivity index (χ0v) is 15.3. The van der Waals surface area contributed by atoms with E-state index < -0.39 is 11.9 Å². The van der Waals surface area contributed by atoms with Crippen LogP contribution in [-0.2, 0) is 25.5 Å². The lowest BCUT2D eigenvalue weighted by molar-refractivity contribution is -0.139. The predicted molar refractivity (Wildman–Crippen MR) is 95.3 cm³/mol. The molecule has 1 aliphatic rings. The SMILES string of the molecule is CCc1cc(N2C=CC=CC(C(=O)OC)=C2C(=O)OC)ccc1Br. The third kappa shape index (κ3) is 3.59. The molecule has 0 fully saturated rings. The minimum absolute atomic E-state index is 0.110. The van der Waals surface area contributed by atoms with Gasteiger partial charge >= 0.3 is 11.9 Å². The highest BCUT2D eigenvalue weighted by Crippen LogP contribution is 2.29. The topological polar surface area (TPSA) is 55.8 Å². The third-order valence-corrected chi connectivity index (χ3v) is 4.35. The fraction of sp³-hybridized carbons (Fsp3) is 0.222. The molecule has 24 heavy (non-hydrogen) atoms. The monoisotopic (exact) mass is 391 g/mol. The molecule has 0 N–H and O–H groups in total. The fourth-order valence-electron chi connectivity index (χ4n) is 2.35. The lowest BCUT2D eigenvalue weighted by atomic mass is 10.1. The molecule has 6 heteroatoms. The van der Waals surface area contributed by atoms with E-state index in [2.05, 4.69) is 15.9 Å². The van der Waals surface area contributed by atoms with Gasteiger partial charge < -0.3 is 14.4 Å². The Labute approximate surface area is 149 Å².